The average Bonchev–Trinajstić information content (AvgIpc) is 2.68. The van der Waals surface area contributed by atoms with E-state index in [1.807, 2.05) is 25.1 Å². The van der Waals surface area contributed by atoms with Gasteiger partial charge in [0.05, 0.1) is 19.8 Å². The van der Waals surface area contributed by atoms with Crippen molar-refractivity contribution in [1.82, 2.24) is 4.90 Å². The first-order valence-electron chi connectivity index (χ1n) is 6.20. The highest BCUT2D eigenvalue weighted by Crippen LogP contribution is 2.29. The molecule has 18 heavy (non-hydrogen) atoms. The van der Waals surface area contributed by atoms with Crippen molar-refractivity contribution in [2.45, 2.75) is 25.5 Å². The number of β-amino-alcohol motifs (C(OH)–C–C–N with tert-alkyl or cyclic N) is 1. The van der Waals surface area contributed by atoms with Gasteiger partial charge in [-0.25, -0.2) is 0 Å². The molecular formula is C14H21NO3. The van der Waals surface area contributed by atoms with Gasteiger partial charge in [0, 0.05) is 19.6 Å². The molecule has 1 aliphatic heterocycles. The van der Waals surface area contributed by atoms with Crippen LogP contribution in [-0.4, -0.2) is 42.9 Å². The van der Waals surface area contributed by atoms with E-state index in [2.05, 4.69) is 4.90 Å². The minimum atomic E-state index is -0.545. The lowest BCUT2D eigenvalue weighted by atomic mass is 10.1. The van der Waals surface area contributed by atoms with Gasteiger partial charge in [0.25, 0.3) is 0 Å². The number of nitrogens with zero attached hydrogens (tertiary/aromatic N) is 1. The Hall–Kier alpha value is -1.26. The van der Waals surface area contributed by atoms with Crippen molar-refractivity contribution in [3.05, 3.63) is 23.8 Å². The van der Waals surface area contributed by atoms with Crippen LogP contribution in [0.2, 0.25) is 0 Å². The lowest BCUT2D eigenvalue weighted by Gasteiger charge is -2.19. The highest BCUT2D eigenvalue weighted by Gasteiger charge is 2.31. The molecule has 4 nitrogen and oxygen atoms in total. The van der Waals surface area contributed by atoms with Crippen LogP contribution in [0.25, 0.3) is 0 Å². The van der Waals surface area contributed by atoms with Crippen molar-refractivity contribution in [2.24, 2.45) is 0 Å². The van der Waals surface area contributed by atoms with Crippen molar-refractivity contribution in [3.8, 4) is 11.5 Å². The quantitative estimate of drug-likeness (QED) is 0.883. The maximum absolute atomic E-state index is 9.94. The molecule has 1 atom stereocenters. The molecule has 0 bridgehead atoms. The molecule has 0 spiro atoms. The van der Waals surface area contributed by atoms with Crippen molar-refractivity contribution in [3.63, 3.8) is 0 Å². The van der Waals surface area contributed by atoms with Gasteiger partial charge in [0.2, 0.25) is 0 Å². The molecule has 1 aromatic rings. The third kappa shape index (κ3) is 2.94. The standard InChI is InChI=1S/C14H21NO3/c1-14(16)6-7-15(10-14)9-11-4-5-12(17-2)13(8-11)18-3/h4-5,8,16H,6-7,9-10H2,1-3H3. The van der Waals surface area contributed by atoms with Crippen LogP contribution in [0.5, 0.6) is 11.5 Å². The Morgan fingerprint density at radius 3 is 2.56 bits per heavy atom. The van der Waals surface area contributed by atoms with Crippen molar-refractivity contribution in [2.75, 3.05) is 27.3 Å². The predicted molar refractivity (Wildman–Crippen MR) is 70.1 cm³/mol. The third-order valence-electron chi connectivity index (χ3n) is 3.38. The smallest absolute Gasteiger partial charge is 0.161 e. The molecule has 1 N–H and O–H groups in total. The van der Waals surface area contributed by atoms with E-state index < -0.39 is 5.60 Å². The number of aliphatic hydroxyl groups is 1. The van der Waals surface area contributed by atoms with E-state index in [0.717, 1.165) is 37.6 Å². The molecule has 1 aromatic carbocycles. The zero-order valence-corrected chi connectivity index (χ0v) is 11.3. The first kappa shape index (κ1) is 13.2. The fourth-order valence-corrected chi connectivity index (χ4v) is 2.41. The number of hydrogen-bond acceptors (Lipinski definition) is 4. The number of benzene rings is 1. The van der Waals surface area contributed by atoms with Gasteiger partial charge in [-0.3, -0.25) is 4.90 Å². The lowest BCUT2D eigenvalue weighted by molar-refractivity contribution is 0.0679. The van der Waals surface area contributed by atoms with Crippen LogP contribution in [0.15, 0.2) is 18.2 Å². The summed E-state index contributed by atoms with van der Waals surface area (Å²) in [6, 6.07) is 5.95. The van der Waals surface area contributed by atoms with Crippen molar-refractivity contribution in [1.29, 1.82) is 0 Å². The Labute approximate surface area is 108 Å². The highest BCUT2D eigenvalue weighted by atomic mass is 16.5. The highest BCUT2D eigenvalue weighted by molar-refractivity contribution is 5.42. The van der Waals surface area contributed by atoms with Gasteiger partial charge in [-0.1, -0.05) is 6.07 Å². The van der Waals surface area contributed by atoms with Gasteiger partial charge in [-0.05, 0) is 31.0 Å². The van der Waals surface area contributed by atoms with Crippen LogP contribution in [0.1, 0.15) is 18.9 Å². The second-order valence-electron chi connectivity index (χ2n) is 5.15. The Kier molecular flexibility index (Phi) is 3.78. The van der Waals surface area contributed by atoms with Crippen LogP contribution in [0.4, 0.5) is 0 Å². The second-order valence-corrected chi connectivity index (χ2v) is 5.15. The molecule has 1 saturated heterocycles. The van der Waals surface area contributed by atoms with Crippen LogP contribution < -0.4 is 9.47 Å². The summed E-state index contributed by atoms with van der Waals surface area (Å²) >= 11 is 0. The summed E-state index contributed by atoms with van der Waals surface area (Å²) in [5.41, 5.74) is 0.627. The van der Waals surface area contributed by atoms with Gasteiger partial charge in [-0.15, -0.1) is 0 Å². The molecular weight excluding hydrogens is 230 g/mol. The molecule has 100 valence electrons. The molecule has 0 radical (unpaired) electrons. The van der Waals surface area contributed by atoms with Gasteiger partial charge >= 0.3 is 0 Å². The zero-order valence-electron chi connectivity index (χ0n) is 11.3. The Balaban J connectivity index is 2.06. The average molecular weight is 251 g/mol. The summed E-state index contributed by atoms with van der Waals surface area (Å²) in [4.78, 5) is 2.25. The number of ether oxygens (including phenoxy) is 2. The Morgan fingerprint density at radius 2 is 2.00 bits per heavy atom. The molecule has 1 aliphatic rings. The van der Waals surface area contributed by atoms with E-state index in [0.29, 0.717) is 0 Å². The fourth-order valence-electron chi connectivity index (χ4n) is 2.41. The minimum absolute atomic E-state index is 0.545. The summed E-state index contributed by atoms with van der Waals surface area (Å²) in [5.74, 6) is 1.50. The van der Waals surface area contributed by atoms with Crippen molar-refractivity contribution >= 4 is 0 Å². The van der Waals surface area contributed by atoms with E-state index >= 15 is 0 Å². The number of methoxy groups -OCH3 is 2. The van der Waals surface area contributed by atoms with Crippen LogP contribution in [0, 0.1) is 0 Å². The van der Waals surface area contributed by atoms with E-state index in [1.54, 1.807) is 14.2 Å². The van der Waals surface area contributed by atoms with Gasteiger partial charge in [0.15, 0.2) is 11.5 Å². The van der Waals surface area contributed by atoms with Gasteiger partial charge in [0.1, 0.15) is 0 Å². The molecule has 4 heteroatoms. The van der Waals surface area contributed by atoms with Crippen LogP contribution >= 0.6 is 0 Å². The second kappa shape index (κ2) is 5.16. The van der Waals surface area contributed by atoms with E-state index in [9.17, 15) is 5.11 Å². The molecule has 1 fully saturated rings. The molecule has 0 amide bonds. The first-order chi connectivity index (χ1) is 8.54. The molecule has 0 aliphatic carbocycles. The normalized spacial score (nSPS) is 24.2. The maximum atomic E-state index is 9.94. The van der Waals surface area contributed by atoms with E-state index in [-0.39, 0.29) is 0 Å². The number of rotatable bonds is 4. The summed E-state index contributed by atoms with van der Waals surface area (Å²) < 4.78 is 10.5. The number of hydrogen-bond donors (Lipinski definition) is 1. The minimum Gasteiger partial charge on any atom is -0.493 e. The Morgan fingerprint density at radius 1 is 1.28 bits per heavy atom. The SMILES string of the molecule is COc1ccc(CN2CCC(C)(O)C2)cc1OC. The lowest BCUT2D eigenvalue weighted by Crippen LogP contribution is -2.29. The van der Waals surface area contributed by atoms with Gasteiger partial charge in [-0.2, -0.15) is 0 Å². The summed E-state index contributed by atoms with van der Waals surface area (Å²) in [6.07, 6.45) is 0.834. The summed E-state index contributed by atoms with van der Waals surface area (Å²) in [5, 5.41) is 9.94. The van der Waals surface area contributed by atoms with Gasteiger partial charge < -0.3 is 14.6 Å². The maximum Gasteiger partial charge on any atom is 0.161 e. The summed E-state index contributed by atoms with van der Waals surface area (Å²) in [7, 11) is 3.28. The third-order valence-corrected chi connectivity index (χ3v) is 3.38. The van der Waals surface area contributed by atoms with Crippen molar-refractivity contribution < 1.29 is 14.6 Å². The molecule has 0 aromatic heterocycles. The topological polar surface area (TPSA) is 41.9 Å². The number of likely N-dealkylation sites (tertiary alicyclic amines) is 1. The van der Waals surface area contributed by atoms with E-state index in [1.165, 1.54) is 5.56 Å². The molecule has 1 unspecified atom stereocenters. The molecule has 1 heterocycles. The largest absolute Gasteiger partial charge is 0.493 e. The summed E-state index contributed by atoms with van der Waals surface area (Å²) in [6.45, 7) is 4.38. The zero-order chi connectivity index (χ0) is 13.2. The fraction of sp³-hybridized carbons (Fsp3) is 0.571. The van der Waals surface area contributed by atoms with E-state index in [4.69, 9.17) is 9.47 Å². The van der Waals surface area contributed by atoms with Crippen LogP contribution in [-0.2, 0) is 6.54 Å². The first-order valence-corrected chi connectivity index (χ1v) is 6.20. The predicted octanol–water partition coefficient (Wildman–Crippen LogP) is 1.66. The Bertz CT molecular complexity index is 418. The van der Waals surface area contributed by atoms with Crippen LogP contribution in [0.3, 0.4) is 0 Å². The molecule has 0 saturated carbocycles. The molecule has 2 rings (SSSR count). The monoisotopic (exact) mass is 251 g/mol.